The van der Waals surface area contributed by atoms with Crippen LogP contribution < -0.4 is 17.3 Å². The van der Waals surface area contributed by atoms with Crippen LogP contribution in [0.3, 0.4) is 0 Å². The Morgan fingerprint density at radius 3 is 2.30 bits per heavy atom. The predicted octanol–water partition coefficient (Wildman–Crippen LogP) is -0.889. The average Bonchev–Trinajstić information content (AvgIpc) is 1.58. The third kappa shape index (κ3) is 5.90. The van der Waals surface area contributed by atoms with Crippen LogP contribution in [-0.4, -0.2) is 23.9 Å². The quantitative estimate of drug-likeness (QED) is 0.276. The van der Waals surface area contributed by atoms with Gasteiger partial charge in [0.1, 0.15) is 0 Å². The predicted molar refractivity (Wildman–Crippen MR) is 38.2 cm³/mol. The molecule has 0 spiro atoms. The van der Waals surface area contributed by atoms with Gasteiger partial charge in [0.2, 0.25) is 0 Å². The third-order valence-electron chi connectivity index (χ3n) is 1.08. The van der Waals surface area contributed by atoms with Crippen LogP contribution in [0.1, 0.15) is 13.3 Å². The van der Waals surface area contributed by atoms with Gasteiger partial charge in [0, 0.05) is 12.1 Å². The first-order valence-electron chi connectivity index (χ1n) is 3.21. The molecule has 62 valence electrons. The molecular weight excluding hydrogens is 135 g/mol. The summed E-state index contributed by atoms with van der Waals surface area (Å²) in [5.41, 5.74) is 10.8. The van der Waals surface area contributed by atoms with E-state index in [1.54, 1.807) is 0 Å². The Hall–Kier alpha value is -0.230. The summed E-state index contributed by atoms with van der Waals surface area (Å²) in [6.07, 6.45) is 0.581. The topological polar surface area (TPSA) is 81.3 Å². The molecule has 10 heavy (non-hydrogen) atoms. The van der Waals surface area contributed by atoms with Gasteiger partial charge in [-0.15, -0.1) is 4.48 Å². The van der Waals surface area contributed by atoms with Crippen molar-refractivity contribution in [2.75, 3.05) is 6.54 Å². The summed E-state index contributed by atoms with van der Waals surface area (Å²) < 4.78 is 11.9. The molecule has 0 aliphatic rings. The van der Waals surface area contributed by atoms with Crippen LogP contribution in [-0.2, 0) is 0 Å². The first-order chi connectivity index (χ1) is 4.52. The van der Waals surface area contributed by atoms with E-state index >= 15 is 0 Å². The molecule has 2 atom stereocenters. The molecule has 0 aromatic heterocycles. The lowest BCUT2D eigenvalue weighted by atomic mass is 10.1. The molecule has 0 aromatic rings. The Balaban J connectivity index is 3.34. The smallest absolute Gasteiger partial charge is 0.0602 e. The van der Waals surface area contributed by atoms with Gasteiger partial charge in [-0.2, -0.15) is 0 Å². The summed E-state index contributed by atoms with van der Waals surface area (Å²) in [7, 11) is 0. The number of halogens is 1. The van der Waals surface area contributed by atoms with Crippen molar-refractivity contribution >= 4 is 0 Å². The lowest BCUT2D eigenvalue weighted by Crippen LogP contribution is -2.39. The Kier molecular flexibility index (Phi) is 4.46. The molecule has 0 radical (unpaired) electrons. The maximum absolute atomic E-state index is 11.9. The second-order valence-electron chi connectivity index (χ2n) is 2.56. The highest BCUT2D eigenvalue weighted by atomic mass is 19.2. The van der Waals surface area contributed by atoms with Crippen molar-refractivity contribution in [2.24, 2.45) is 17.3 Å². The first-order valence-corrected chi connectivity index (χ1v) is 3.21. The summed E-state index contributed by atoms with van der Waals surface area (Å²) in [5.74, 6) is 4.71. The first kappa shape index (κ1) is 9.77. The van der Waals surface area contributed by atoms with E-state index in [-0.39, 0.29) is 23.9 Å². The molecule has 0 aliphatic carbocycles. The fraction of sp³-hybridized carbons (Fsp3) is 1.00. The molecule has 4 nitrogen and oxygen atoms in total. The molecule has 0 aliphatic heterocycles. The van der Waals surface area contributed by atoms with Crippen molar-refractivity contribution in [3.05, 3.63) is 0 Å². The van der Waals surface area contributed by atoms with Crippen molar-refractivity contribution in [1.82, 2.24) is 5.23 Å². The van der Waals surface area contributed by atoms with Gasteiger partial charge >= 0.3 is 0 Å². The summed E-state index contributed by atoms with van der Waals surface area (Å²) in [6.45, 7) is 1.85. The number of rotatable bonds is 4. The second kappa shape index (κ2) is 4.56. The number of hydrogen-bond donors (Lipinski definition) is 3. The van der Waals surface area contributed by atoms with E-state index in [9.17, 15) is 4.48 Å². The maximum atomic E-state index is 11.9. The van der Waals surface area contributed by atoms with Crippen molar-refractivity contribution in [2.45, 2.75) is 25.4 Å². The molecule has 0 fully saturated rings. The summed E-state index contributed by atoms with van der Waals surface area (Å²) >= 11 is 0. The largest absolute Gasteiger partial charge is 0.328 e. The molecule has 0 bridgehead atoms. The minimum Gasteiger partial charge on any atom is -0.328 e. The van der Waals surface area contributed by atoms with Crippen LogP contribution >= 0.6 is 0 Å². The maximum Gasteiger partial charge on any atom is 0.0602 e. The Morgan fingerprint density at radius 1 is 1.50 bits per heavy atom. The molecule has 5 heteroatoms. The molecule has 0 rings (SSSR count). The molecule has 0 heterocycles. The molecule has 6 N–H and O–H groups in total. The molecule has 2 unspecified atom stereocenters. The zero-order valence-corrected chi connectivity index (χ0v) is 6.13. The SMILES string of the molecule is CC(N)CC(N)CN(N)F. The number of nitrogens with two attached hydrogens (primary N) is 3. The van der Waals surface area contributed by atoms with Gasteiger partial charge in [-0.05, 0) is 13.3 Å². The lowest BCUT2D eigenvalue weighted by Gasteiger charge is -2.14. The van der Waals surface area contributed by atoms with Gasteiger partial charge in [0.05, 0.1) is 6.54 Å². The van der Waals surface area contributed by atoms with E-state index in [0.717, 1.165) is 0 Å². The molecular formula is C5H15FN4. The minimum absolute atomic E-state index is 0.00468. The highest BCUT2D eigenvalue weighted by molar-refractivity contribution is 4.67. The van der Waals surface area contributed by atoms with Crippen LogP contribution in [0.4, 0.5) is 4.48 Å². The number of hydrazine groups is 1. The highest BCUT2D eigenvalue weighted by Crippen LogP contribution is 1.93. The van der Waals surface area contributed by atoms with Crippen LogP contribution in [0.2, 0.25) is 0 Å². The van der Waals surface area contributed by atoms with Crippen LogP contribution in [0, 0.1) is 0 Å². The van der Waals surface area contributed by atoms with E-state index in [1.165, 1.54) is 0 Å². The molecule has 0 aromatic carbocycles. The van der Waals surface area contributed by atoms with Gasteiger partial charge in [-0.25, -0.2) is 5.84 Å². The van der Waals surface area contributed by atoms with E-state index in [1.807, 2.05) is 6.92 Å². The Morgan fingerprint density at radius 2 is 2.00 bits per heavy atom. The summed E-state index contributed by atoms with van der Waals surface area (Å²) in [5, 5.41) is 0.0764. The van der Waals surface area contributed by atoms with Gasteiger partial charge in [0.15, 0.2) is 0 Å². The number of nitrogens with zero attached hydrogens (tertiary/aromatic N) is 1. The molecule has 0 saturated heterocycles. The number of hydrogen-bond acceptors (Lipinski definition) is 4. The zero-order valence-electron chi connectivity index (χ0n) is 6.13. The van der Waals surface area contributed by atoms with E-state index in [4.69, 9.17) is 17.3 Å². The van der Waals surface area contributed by atoms with Crippen LogP contribution in [0.5, 0.6) is 0 Å². The van der Waals surface area contributed by atoms with Crippen LogP contribution in [0.25, 0.3) is 0 Å². The van der Waals surface area contributed by atoms with Crippen molar-refractivity contribution in [1.29, 1.82) is 0 Å². The van der Waals surface area contributed by atoms with E-state index in [0.29, 0.717) is 6.42 Å². The van der Waals surface area contributed by atoms with Crippen molar-refractivity contribution in [3.63, 3.8) is 0 Å². The Labute approximate surface area is 60.0 Å². The molecule has 0 amide bonds. The monoisotopic (exact) mass is 150 g/mol. The minimum atomic E-state index is -0.282. The fourth-order valence-corrected chi connectivity index (χ4v) is 0.776. The zero-order chi connectivity index (χ0) is 8.15. The molecule has 0 saturated carbocycles. The second-order valence-corrected chi connectivity index (χ2v) is 2.56. The van der Waals surface area contributed by atoms with E-state index < -0.39 is 0 Å². The van der Waals surface area contributed by atoms with Crippen molar-refractivity contribution < 1.29 is 4.48 Å². The standard InChI is InChI=1S/C5H15FN4/c1-4(7)2-5(8)3-10(6)9/h4-5H,2-3,7-9H2,1H3. The third-order valence-corrected chi connectivity index (χ3v) is 1.08. The normalized spacial score (nSPS) is 17.4. The van der Waals surface area contributed by atoms with Crippen molar-refractivity contribution in [3.8, 4) is 0 Å². The van der Waals surface area contributed by atoms with Gasteiger partial charge < -0.3 is 11.5 Å². The fourth-order valence-electron chi connectivity index (χ4n) is 0.776. The summed E-state index contributed by atoms with van der Waals surface area (Å²) in [4.78, 5) is 0. The summed E-state index contributed by atoms with van der Waals surface area (Å²) in [6, 6.07) is -0.287. The van der Waals surface area contributed by atoms with E-state index in [2.05, 4.69) is 0 Å². The van der Waals surface area contributed by atoms with Gasteiger partial charge in [-0.3, -0.25) is 0 Å². The highest BCUT2D eigenvalue weighted by Gasteiger charge is 2.07. The van der Waals surface area contributed by atoms with Gasteiger partial charge in [-0.1, -0.05) is 5.23 Å². The Bertz CT molecular complexity index is 75.7. The van der Waals surface area contributed by atoms with Gasteiger partial charge in [0.25, 0.3) is 0 Å². The lowest BCUT2D eigenvalue weighted by molar-refractivity contribution is 0.0173. The average molecular weight is 150 g/mol. The van der Waals surface area contributed by atoms with Crippen LogP contribution in [0.15, 0.2) is 0 Å².